The third kappa shape index (κ3) is 3.41. The van der Waals surface area contributed by atoms with Crippen LogP contribution in [-0.4, -0.2) is 4.98 Å². The average molecular weight is 316 g/mol. The Morgan fingerprint density at radius 1 is 1.29 bits per heavy atom. The predicted octanol–water partition coefficient (Wildman–Crippen LogP) is 4.25. The number of halogens is 3. The largest absolute Gasteiger partial charge is 0.366 e. The van der Waals surface area contributed by atoms with Gasteiger partial charge < -0.3 is 5.32 Å². The van der Waals surface area contributed by atoms with Gasteiger partial charge in [0, 0.05) is 22.8 Å². The summed E-state index contributed by atoms with van der Waals surface area (Å²) in [5.41, 5.74) is 0.580. The fourth-order valence-electron chi connectivity index (χ4n) is 1.34. The number of benzene rings is 1. The molecule has 0 bridgehead atoms. The maximum absolute atomic E-state index is 13.4. The van der Waals surface area contributed by atoms with E-state index < -0.39 is 0 Å². The van der Waals surface area contributed by atoms with Gasteiger partial charge in [-0.05, 0) is 30.3 Å². The van der Waals surface area contributed by atoms with E-state index in [4.69, 9.17) is 11.6 Å². The Morgan fingerprint density at radius 2 is 2.12 bits per heavy atom. The molecule has 0 radical (unpaired) electrons. The Morgan fingerprint density at radius 3 is 2.82 bits per heavy atom. The summed E-state index contributed by atoms with van der Waals surface area (Å²) in [7, 11) is 0. The van der Waals surface area contributed by atoms with Crippen LogP contribution in [-0.2, 0) is 6.54 Å². The van der Waals surface area contributed by atoms with Gasteiger partial charge in [-0.1, -0.05) is 27.5 Å². The smallest absolute Gasteiger partial charge is 0.128 e. The monoisotopic (exact) mass is 314 g/mol. The van der Waals surface area contributed by atoms with Gasteiger partial charge in [-0.25, -0.2) is 9.37 Å². The first-order valence-electron chi connectivity index (χ1n) is 4.94. The summed E-state index contributed by atoms with van der Waals surface area (Å²) in [4.78, 5) is 4.07. The summed E-state index contributed by atoms with van der Waals surface area (Å²) in [5, 5.41) is 3.60. The van der Waals surface area contributed by atoms with Crippen LogP contribution in [0.25, 0.3) is 0 Å². The summed E-state index contributed by atoms with van der Waals surface area (Å²) < 4.78 is 14.3. The fraction of sp³-hybridized carbons (Fsp3) is 0.0833. The van der Waals surface area contributed by atoms with Crippen molar-refractivity contribution < 1.29 is 4.39 Å². The molecule has 1 aromatic carbocycles. The van der Waals surface area contributed by atoms with Crippen molar-refractivity contribution in [1.82, 2.24) is 4.98 Å². The summed E-state index contributed by atoms with van der Waals surface area (Å²) in [6.07, 6.45) is 1.54. The van der Waals surface area contributed by atoms with Crippen LogP contribution < -0.4 is 5.32 Å². The Hall–Kier alpha value is -1.13. The van der Waals surface area contributed by atoms with Crippen molar-refractivity contribution in [2.45, 2.75) is 6.54 Å². The van der Waals surface area contributed by atoms with Gasteiger partial charge in [0.2, 0.25) is 0 Å². The molecule has 2 aromatic rings. The molecular formula is C12H9BrClFN2. The van der Waals surface area contributed by atoms with Gasteiger partial charge in [-0.2, -0.15) is 0 Å². The van der Waals surface area contributed by atoms with E-state index in [2.05, 4.69) is 26.2 Å². The number of nitrogens with one attached hydrogen (secondary N) is 1. The SMILES string of the molecule is Fc1ccc(Br)cc1CNc1ccc(Cl)cn1. The standard InChI is InChI=1S/C12H9BrClFN2/c13-9-1-3-11(15)8(5-9)6-16-12-4-2-10(14)7-17-12/h1-5,7H,6H2,(H,16,17). The van der Waals surface area contributed by atoms with Crippen LogP contribution in [0.3, 0.4) is 0 Å². The second kappa shape index (κ2) is 5.47. The predicted molar refractivity (Wildman–Crippen MR) is 70.7 cm³/mol. The van der Waals surface area contributed by atoms with Crippen LogP contribution in [0.4, 0.5) is 10.2 Å². The van der Waals surface area contributed by atoms with Gasteiger partial charge in [-0.15, -0.1) is 0 Å². The number of hydrogen-bond acceptors (Lipinski definition) is 2. The van der Waals surface area contributed by atoms with Gasteiger partial charge >= 0.3 is 0 Å². The van der Waals surface area contributed by atoms with Crippen molar-refractivity contribution in [3.63, 3.8) is 0 Å². The number of rotatable bonds is 3. The Kier molecular flexibility index (Phi) is 3.97. The molecule has 0 spiro atoms. The lowest BCUT2D eigenvalue weighted by atomic mass is 10.2. The Balaban J connectivity index is 2.07. The summed E-state index contributed by atoms with van der Waals surface area (Å²) in [5.74, 6) is 0.420. The highest BCUT2D eigenvalue weighted by atomic mass is 79.9. The molecule has 0 aliphatic rings. The molecule has 0 saturated carbocycles. The molecule has 88 valence electrons. The van der Waals surface area contributed by atoms with E-state index in [0.717, 1.165) is 4.47 Å². The zero-order chi connectivity index (χ0) is 12.3. The molecule has 0 atom stereocenters. The van der Waals surface area contributed by atoms with E-state index >= 15 is 0 Å². The van der Waals surface area contributed by atoms with E-state index in [1.54, 1.807) is 30.5 Å². The molecule has 0 aliphatic carbocycles. The lowest BCUT2D eigenvalue weighted by Crippen LogP contribution is -2.03. The van der Waals surface area contributed by atoms with Crippen LogP contribution >= 0.6 is 27.5 Å². The molecule has 0 amide bonds. The normalized spacial score (nSPS) is 10.3. The minimum atomic E-state index is -0.241. The number of pyridine rings is 1. The first kappa shape index (κ1) is 12.3. The van der Waals surface area contributed by atoms with E-state index in [-0.39, 0.29) is 5.82 Å². The van der Waals surface area contributed by atoms with E-state index in [9.17, 15) is 4.39 Å². The molecule has 2 nitrogen and oxygen atoms in total. The minimum Gasteiger partial charge on any atom is -0.366 e. The Bertz CT molecular complexity index is 516. The lowest BCUT2D eigenvalue weighted by molar-refractivity contribution is 0.612. The highest BCUT2D eigenvalue weighted by molar-refractivity contribution is 9.10. The molecule has 17 heavy (non-hydrogen) atoms. The number of hydrogen-bond donors (Lipinski definition) is 1. The zero-order valence-corrected chi connectivity index (χ0v) is 11.1. The summed E-state index contributed by atoms with van der Waals surface area (Å²) >= 11 is 9.02. The molecule has 1 N–H and O–H groups in total. The number of aromatic nitrogens is 1. The Labute approximate surface area is 112 Å². The van der Waals surface area contributed by atoms with E-state index in [1.807, 2.05) is 0 Å². The van der Waals surface area contributed by atoms with Crippen molar-refractivity contribution in [2.24, 2.45) is 0 Å². The van der Waals surface area contributed by atoms with Gasteiger partial charge in [0.15, 0.2) is 0 Å². The van der Waals surface area contributed by atoms with Gasteiger partial charge in [0.25, 0.3) is 0 Å². The molecule has 2 rings (SSSR count). The third-order valence-corrected chi connectivity index (χ3v) is 2.91. The molecule has 1 heterocycles. The molecule has 5 heteroatoms. The van der Waals surface area contributed by atoms with Gasteiger partial charge in [-0.3, -0.25) is 0 Å². The molecule has 0 aliphatic heterocycles. The van der Waals surface area contributed by atoms with Crippen molar-refractivity contribution in [3.8, 4) is 0 Å². The topological polar surface area (TPSA) is 24.9 Å². The fourth-order valence-corrected chi connectivity index (χ4v) is 1.87. The molecular weight excluding hydrogens is 307 g/mol. The molecule has 0 saturated heterocycles. The van der Waals surface area contributed by atoms with Crippen LogP contribution in [0.1, 0.15) is 5.56 Å². The highest BCUT2D eigenvalue weighted by Crippen LogP contribution is 2.17. The van der Waals surface area contributed by atoms with Crippen molar-refractivity contribution in [3.05, 3.63) is 57.4 Å². The van der Waals surface area contributed by atoms with Crippen LogP contribution in [0.15, 0.2) is 41.0 Å². The second-order valence-corrected chi connectivity index (χ2v) is 4.80. The summed E-state index contributed by atoms with van der Waals surface area (Å²) in [6, 6.07) is 8.31. The second-order valence-electron chi connectivity index (χ2n) is 3.45. The third-order valence-electron chi connectivity index (χ3n) is 2.20. The van der Waals surface area contributed by atoms with Crippen molar-refractivity contribution >= 4 is 33.3 Å². The molecule has 0 fully saturated rings. The van der Waals surface area contributed by atoms with Crippen LogP contribution in [0.5, 0.6) is 0 Å². The van der Waals surface area contributed by atoms with E-state index in [0.29, 0.717) is 22.9 Å². The minimum absolute atomic E-state index is 0.241. The van der Waals surface area contributed by atoms with E-state index in [1.165, 1.54) is 6.07 Å². The molecule has 1 aromatic heterocycles. The first-order chi connectivity index (χ1) is 8.15. The summed E-state index contributed by atoms with van der Waals surface area (Å²) in [6.45, 7) is 0.375. The average Bonchev–Trinajstić information content (AvgIpc) is 2.32. The quantitative estimate of drug-likeness (QED) is 0.916. The van der Waals surface area contributed by atoms with Crippen molar-refractivity contribution in [2.75, 3.05) is 5.32 Å². The number of anilines is 1. The van der Waals surface area contributed by atoms with Crippen LogP contribution in [0.2, 0.25) is 5.02 Å². The van der Waals surface area contributed by atoms with Gasteiger partial charge in [0.1, 0.15) is 11.6 Å². The lowest BCUT2D eigenvalue weighted by Gasteiger charge is -2.07. The zero-order valence-electron chi connectivity index (χ0n) is 8.75. The van der Waals surface area contributed by atoms with Crippen molar-refractivity contribution in [1.29, 1.82) is 0 Å². The van der Waals surface area contributed by atoms with Gasteiger partial charge in [0.05, 0.1) is 5.02 Å². The van der Waals surface area contributed by atoms with Crippen LogP contribution in [0, 0.1) is 5.82 Å². The maximum atomic E-state index is 13.4. The maximum Gasteiger partial charge on any atom is 0.128 e. The highest BCUT2D eigenvalue weighted by Gasteiger charge is 2.03. The first-order valence-corrected chi connectivity index (χ1v) is 6.11. The number of nitrogens with zero attached hydrogens (tertiary/aromatic N) is 1. The molecule has 0 unspecified atom stereocenters.